The molecule has 1 N–H and O–H groups in total. The van der Waals surface area contributed by atoms with Crippen molar-refractivity contribution in [2.75, 3.05) is 6.54 Å². The van der Waals surface area contributed by atoms with Crippen molar-refractivity contribution in [1.29, 1.82) is 0 Å². The number of aryl methyl sites for hydroxylation is 1. The Balaban J connectivity index is 0.000000262. The average Bonchev–Trinajstić information content (AvgIpc) is 2.47. The van der Waals surface area contributed by atoms with Crippen LogP contribution in [0, 0.1) is 12.7 Å². The molecule has 0 aliphatic heterocycles. The first kappa shape index (κ1) is 17.2. The summed E-state index contributed by atoms with van der Waals surface area (Å²) in [6, 6.07) is 16.0. The molecule has 0 bridgehead atoms. The summed E-state index contributed by atoms with van der Waals surface area (Å²) in [7, 11) is 0. The van der Waals surface area contributed by atoms with Crippen molar-refractivity contribution in [2.24, 2.45) is 0 Å². The molecular weight excluding hydrogens is 289 g/mol. The smallest absolute Gasteiger partial charge is 0.123 e. The Kier molecular flexibility index (Phi) is 7.53. The first-order valence-corrected chi connectivity index (χ1v) is 7.34. The van der Waals surface area contributed by atoms with Crippen LogP contribution in [0.3, 0.4) is 0 Å². The highest BCUT2D eigenvalue weighted by atomic mass is 32.2. The zero-order valence-corrected chi connectivity index (χ0v) is 12.5. The van der Waals surface area contributed by atoms with E-state index in [2.05, 4.69) is 30.4 Å². The molecule has 0 saturated carbocycles. The molecule has 0 saturated heterocycles. The molecule has 0 radical (unpaired) electrons. The second-order valence-electron chi connectivity index (χ2n) is 4.32. The molecule has 2 rings (SSSR count). The van der Waals surface area contributed by atoms with Crippen LogP contribution in [0.1, 0.15) is 11.1 Å². The fraction of sp³-hybridized carbons (Fsp3) is 0.125. The van der Waals surface area contributed by atoms with Crippen LogP contribution in [-0.2, 0) is 11.3 Å². The Morgan fingerprint density at radius 3 is 2.19 bits per heavy atom. The molecule has 1 unspecified atom stereocenters. The number of rotatable bonds is 4. The molecule has 2 aromatic carbocycles. The molecule has 1 atom stereocenters. The molecule has 0 heterocycles. The predicted molar refractivity (Wildman–Crippen MR) is 83.5 cm³/mol. The van der Waals surface area contributed by atoms with Crippen molar-refractivity contribution < 1.29 is 13.2 Å². The molecule has 0 amide bonds. The lowest BCUT2D eigenvalue weighted by Gasteiger charge is -2.09. The molecule has 0 spiro atoms. The van der Waals surface area contributed by atoms with E-state index in [9.17, 15) is 13.2 Å². The van der Waals surface area contributed by atoms with Gasteiger partial charge in [0.25, 0.3) is 0 Å². The summed E-state index contributed by atoms with van der Waals surface area (Å²) in [5.74, 6) is -0.332. The van der Waals surface area contributed by atoms with Crippen LogP contribution in [0.2, 0.25) is 0 Å². The molecular formula is C16H17FNO2S-. The fourth-order valence-corrected chi connectivity index (χ4v) is 1.76. The quantitative estimate of drug-likeness (QED) is 0.882. The Morgan fingerprint density at radius 1 is 1.19 bits per heavy atom. The molecule has 0 aromatic heterocycles. The number of hydrogen-bond acceptors (Lipinski definition) is 2. The number of hydrogen-bond donors (Lipinski definition) is 1. The Hall–Kier alpha value is -1.82. The summed E-state index contributed by atoms with van der Waals surface area (Å²) in [5, 5.41) is 0. The zero-order chi connectivity index (χ0) is 15.7. The summed E-state index contributed by atoms with van der Waals surface area (Å²) in [5.41, 5.74) is 2.63. The molecule has 0 aliphatic rings. The van der Waals surface area contributed by atoms with Crippen LogP contribution in [0.15, 0.2) is 61.2 Å². The van der Waals surface area contributed by atoms with Gasteiger partial charge in [-0.2, -0.15) is 0 Å². The van der Waals surface area contributed by atoms with Crippen molar-refractivity contribution >= 4 is 16.8 Å². The van der Waals surface area contributed by atoms with Gasteiger partial charge in [0.15, 0.2) is 0 Å². The standard InChI is InChI=1S/C9H10FNO2S.C7H8/c1-7(6-11-14(12)13)8-2-4-9(10)5-3-8;1-7-5-3-2-4-6-7/h2-5,11H,1,6H2,(H,12,13);2-6H,1H3/p-1. The molecule has 0 fully saturated rings. The van der Waals surface area contributed by atoms with Crippen LogP contribution in [0.25, 0.3) is 5.57 Å². The zero-order valence-electron chi connectivity index (χ0n) is 11.7. The van der Waals surface area contributed by atoms with E-state index in [-0.39, 0.29) is 12.4 Å². The largest absolute Gasteiger partial charge is 0.760 e. The summed E-state index contributed by atoms with van der Waals surface area (Å²) in [6.45, 7) is 5.88. The summed E-state index contributed by atoms with van der Waals surface area (Å²) < 4.78 is 35.1. The van der Waals surface area contributed by atoms with Gasteiger partial charge in [-0.3, -0.25) is 4.21 Å². The van der Waals surface area contributed by atoms with Crippen molar-refractivity contribution in [1.82, 2.24) is 4.72 Å². The van der Waals surface area contributed by atoms with E-state index in [0.29, 0.717) is 11.1 Å². The lowest BCUT2D eigenvalue weighted by Crippen LogP contribution is -2.18. The van der Waals surface area contributed by atoms with Crippen molar-refractivity contribution in [2.45, 2.75) is 6.92 Å². The van der Waals surface area contributed by atoms with Crippen LogP contribution in [0.5, 0.6) is 0 Å². The van der Waals surface area contributed by atoms with Gasteiger partial charge in [-0.15, -0.1) is 0 Å². The van der Waals surface area contributed by atoms with Gasteiger partial charge in [0.05, 0.1) is 0 Å². The highest BCUT2D eigenvalue weighted by Gasteiger charge is 1.98. The molecule has 3 nitrogen and oxygen atoms in total. The average molecular weight is 306 g/mol. The van der Waals surface area contributed by atoms with E-state index in [1.165, 1.54) is 17.7 Å². The van der Waals surface area contributed by atoms with E-state index in [1.807, 2.05) is 18.2 Å². The van der Waals surface area contributed by atoms with Gasteiger partial charge in [-0.25, -0.2) is 9.11 Å². The lowest BCUT2D eigenvalue weighted by molar-refractivity contribution is 0.526. The van der Waals surface area contributed by atoms with E-state index in [1.54, 1.807) is 12.1 Å². The Labute approximate surface area is 126 Å². The second-order valence-corrected chi connectivity index (χ2v) is 5.08. The maximum absolute atomic E-state index is 12.5. The van der Waals surface area contributed by atoms with Crippen LogP contribution >= 0.6 is 0 Å². The minimum Gasteiger partial charge on any atom is -0.760 e. The molecule has 112 valence electrons. The van der Waals surface area contributed by atoms with E-state index in [0.717, 1.165) is 0 Å². The topological polar surface area (TPSA) is 52.2 Å². The number of halogens is 1. The van der Waals surface area contributed by atoms with Gasteiger partial charge in [-0.05, 0) is 30.2 Å². The number of benzene rings is 2. The minimum absolute atomic E-state index is 0.127. The van der Waals surface area contributed by atoms with Crippen LogP contribution in [0.4, 0.5) is 4.39 Å². The summed E-state index contributed by atoms with van der Waals surface area (Å²) in [4.78, 5) is 0. The first-order chi connectivity index (χ1) is 9.99. The Bertz CT molecular complexity index is 585. The number of nitrogens with one attached hydrogen (secondary N) is 1. The maximum Gasteiger partial charge on any atom is 0.123 e. The van der Waals surface area contributed by atoms with Gasteiger partial charge in [-0.1, -0.05) is 54.6 Å². The normalized spacial score (nSPS) is 11.2. The summed E-state index contributed by atoms with van der Waals surface area (Å²) >= 11 is -2.30. The van der Waals surface area contributed by atoms with Gasteiger partial charge < -0.3 is 4.55 Å². The minimum atomic E-state index is -2.30. The third kappa shape index (κ3) is 7.51. The van der Waals surface area contributed by atoms with Gasteiger partial charge in [0.2, 0.25) is 0 Å². The van der Waals surface area contributed by atoms with Crippen molar-refractivity contribution in [3.63, 3.8) is 0 Å². The fourth-order valence-electron chi connectivity index (χ4n) is 1.47. The Morgan fingerprint density at radius 2 is 1.76 bits per heavy atom. The monoisotopic (exact) mass is 306 g/mol. The van der Waals surface area contributed by atoms with Crippen LogP contribution in [-0.4, -0.2) is 15.3 Å². The van der Waals surface area contributed by atoms with E-state index in [4.69, 9.17) is 0 Å². The van der Waals surface area contributed by atoms with Gasteiger partial charge in [0.1, 0.15) is 5.82 Å². The SMILES string of the molecule is C=C(CNS(=O)[O-])c1ccc(F)cc1.Cc1ccccc1. The van der Waals surface area contributed by atoms with E-state index < -0.39 is 11.3 Å². The third-order valence-corrected chi connectivity index (χ3v) is 2.98. The molecule has 2 aromatic rings. The summed E-state index contributed by atoms with van der Waals surface area (Å²) in [6.07, 6.45) is 0. The predicted octanol–water partition coefficient (Wildman–Crippen LogP) is 3.22. The second kappa shape index (κ2) is 9.18. The lowest BCUT2D eigenvalue weighted by atomic mass is 10.1. The van der Waals surface area contributed by atoms with Gasteiger partial charge in [0, 0.05) is 17.8 Å². The van der Waals surface area contributed by atoms with E-state index >= 15 is 0 Å². The van der Waals surface area contributed by atoms with Crippen LogP contribution < -0.4 is 4.72 Å². The van der Waals surface area contributed by atoms with Gasteiger partial charge >= 0.3 is 0 Å². The highest BCUT2D eigenvalue weighted by molar-refractivity contribution is 7.77. The first-order valence-electron chi connectivity index (χ1n) is 6.27. The van der Waals surface area contributed by atoms with Crippen molar-refractivity contribution in [3.05, 3.63) is 78.1 Å². The molecule has 21 heavy (non-hydrogen) atoms. The maximum atomic E-state index is 12.5. The molecule has 5 heteroatoms. The third-order valence-electron chi connectivity index (χ3n) is 2.60. The van der Waals surface area contributed by atoms with Crippen molar-refractivity contribution in [3.8, 4) is 0 Å². The molecule has 0 aliphatic carbocycles. The highest BCUT2D eigenvalue weighted by Crippen LogP contribution is 2.11.